The molecule has 0 radical (unpaired) electrons. The third-order valence-corrected chi connectivity index (χ3v) is 2.02. The highest BCUT2D eigenvalue weighted by molar-refractivity contribution is 7.17. The van der Waals surface area contributed by atoms with Gasteiger partial charge in [-0.25, -0.2) is 4.79 Å². The van der Waals surface area contributed by atoms with E-state index in [0.29, 0.717) is 0 Å². The molecule has 0 atom stereocenters. The number of anilines is 1. The summed E-state index contributed by atoms with van der Waals surface area (Å²) in [4.78, 5) is 21.8. The van der Waals surface area contributed by atoms with Crippen LogP contribution in [-0.4, -0.2) is 29.2 Å². The molecule has 14 heavy (non-hydrogen) atoms. The smallest absolute Gasteiger partial charge is 0.369 e. The topological polar surface area (TPSA) is 81.2 Å². The van der Waals surface area contributed by atoms with Crippen molar-refractivity contribution in [3.63, 3.8) is 0 Å². The summed E-state index contributed by atoms with van der Waals surface area (Å²) in [6.07, 6.45) is 1.10. The van der Waals surface area contributed by atoms with Crippen LogP contribution in [0.5, 0.6) is 0 Å². The molecule has 0 spiro atoms. The van der Waals surface area contributed by atoms with Crippen molar-refractivity contribution in [3.8, 4) is 0 Å². The fraction of sp³-hybridized carbons (Fsp3) is 0.143. The van der Waals surface area contributed by atoms with Crippen molar-refractivity contribution in [3.05, 3.63) is 17.7 Å². The molecule has 1 aromatic rings. The molecule has 1 N–H and O–H groups in total. The Kier molecular flexibility index (Phi) is 3.29. The molecule has 1 amide bonds. The van der Waals surface area contributed by atoms with Crippen LogP contribution in [0.4, 0.5) is 5.13 Å². The van der Waals surface area contributed by atoms with Crippen molar-refractivity contribution in [2.45, 2.75) is 0 Å². The normalized spacial score (nSPS) is 9.21. The first kappa shape index (κ1) is 10.3. The van der Waals surface area contributed by atoms with Gasteiger partial charge in [0, 0.05) is 0 Å². The Labute approximate surface area is 83.6 Å². The summed E-state index contributed by atoms with van der Waals surface area (Å²) in [6, 6.07) is 0. The van der Waals surface area contributed by atoms with Crippen LogP contribution in [0.1, 0.15) is 9.80 Å². The quantitative estimate of drug-likeness (QED) is 0.582. The number of nitrogens with zero attached hydrogens (tertiary/aromatic N) is 2. The predicted molar refractivity (Wildman–Crippen MR) is 50.1 cm³/mol. The van der Waals surface area contributed by atoms with Gasteiger partial charge in [0.15, 0.2) is 0 Å². The summed E-state index contributed by atoms with van der Waals surface area (Å²) in [6.45, 7) is 3.27. The van der Waals surface area contributed by atoms with Crippen LogP contribution in [0.3, 0.4) is 0 Å². The van der Waals surface area contributed by atoms with Crippen molar-refractivity contribution in [1.82, 2.24) is 10.2 Å². The molecule has 0 fully saturated rings. The van der Waals surface area contributed by atoms with E-state index in [1.54, 1.807) is 0 Å². The Morgan fingerprint density at radius 1 is 1.57 bits per heavy atom. The third kappa shape index (κ3) is 2.36. The largest absolute Gasteiger partial charge is 0.464 e. The number of hydrogen-bond acceptors (Lipinski definition) is 6. The van der Waals surface area contributed by atoms with E-state index in [0.717, 1.165) is 17.4 Å². The molecule has 0 aliphatic heterocycles. The molecular weight excluding hydrogens is 206 g/mol. The maximum absolute atomic E-state index is 10.9. The first-order chi connectivity index (χ1) is 6.67. The van der Waals surface area contributed by atoms with Crippen molar-refractivity contribution < 1.29 is 14.3 Å². The van der Waals surface area contributed by atoms with Gasteiger partial charge >= 0.3 is 5.97 Å². The number of esters is 1. The molecule has 0 aromatic carbocycles. The summed E-state index contributed by atoms with van der Waals surface area (Å²) in [5.74, 6) is -0.987. The van der Waals surface area contributed by atoms with Crippen LogP contribution in [0.2, 0.25) is 0 Å². The zero-order chi connectivity index (χ0) is 10.6. The summed E-state index contributed by atoms with van der Waals surface area (Å²) >= 11 is 0.933. The molecule has 0 saturated heterocycles. The molecule has 0 aliphatic carbocycles. The second-order valence-electron chi connectivity index (χ2n) is 2.10. The van der Waals surface area contributed by atoms with E-state index >= 15 is 0 Å². The number of hydrogen-bond donors (Lipinski definition) is 1. The SMILES string of the molecule is C=CC(=O)Nc1nnc(C(=O)OC)s1. The Bertz CT molecular complexity index is 374. The van der Waals surface area contributed by atoms with Gasteiger partial charge in [-0.05, 0) is 6.08 Å². The van der Waals surface area contributed by atoms with Gasteiger partial charge in [0.25, 0.3) is 0 Å². The fourth-order valence-electron chi connectivity index (χ4n) is 0.600. The van der Waals surface area contributed by atoms with E-state index < -0.39 is 11.9 Å². The minimum Gasteiger partial charge on any atom is -0.464 e. The maximum Gasteiger partial charge on any atom is 0.369 e. The lowest BCUT2D eigenvalue weighted by atomic mass is 10.6. The molecule has 0 saturated carbocycles. The van der Waals surface area contributed by atoms with Gasteiger partial charge in [0.05, 0.1) is 7.11 Å². The number of methoxy groups -OCH3 is 1. The zero-order valence-electron chi connectivity index (χ0n) is 7.31. The highest BCUT2D eigenvalue weighted by Gasteiger charge is 2.13. The van der Waals surface area contributed by atoms with Crippen LogP contribution < -0.4 is 5.32 Å². The van der Waals surface area contributed by atoms with Crippen molar-refractivity contribution in [1.29, 1.82) is 0 Å². The van der Waals surface area contributed by atoms with Gasteiger partial charge in [-0.2, -0.15) is 0 Å². The first-order valence-corrected chi connectivity index (χ1v) is 4.34. The van der Waals surface area contributed by atoms with Crippen LogP contribution in [0.25, 0.3) is 0 Å². The molecule has 1 rings (SSSR count). The second kappa shape index (κ2) is 4.47. The average Bonchev–Trinajstić information content (AvgIpc) is 2.65. The lowest BCUT2D eigenvalue weighted by Crippen LogP contribution is -2.06. The molecule has 1 heterocycles. The molecule has 0 bridgehead atoms. The lowest BCUT2D eigenvalue weighted by molar-refractivity contribution is -0.111. The average molecular weight is 213 g/mol. The fourth-order valence-corrected chi connectivity index (χ4v) is 1.26. The standard InChI is InChI=1S/C7H7N3O3S/c1-3-4(11)8-7-10-9-5(14-7)6(12)13-2/h3H,1H2,2H3,(H,8,10,11). The van der Waals surface area contributed by atoms with E-state index in [-0.39, 0.29) is 10.1 Å². The molecular formula is C7H7N3O3S. The van der Waals surface area contributed by atoms with Gasteiger partial charge in [0.2, 0.25) is 16.0 Å². The van der Waals surface area contributed by atoms with E-state index in [1.807, 2.05) is 0 Å². The van der Waals surface area contributed by atoms with Crippen molar-refractivity contribution in [2.24, 2.45) is 0 Å². The molecule has 0 aliphatic rings. The number of ether oxygens (including phenoxy) is 1. The number of rotatable bonds is 3. The van der Waals surface area contributed by atoms with Crippen molar-refractivity contribution >= 4 is 28.3 Å². The monoisotopic (exact) mass is 213 g/mol. The minimum atomic E-state index is -0.582. The van der Waals surface area contributed by atoms with Crippen LogP contribution >= 0.6 is 11.3 Å². The van der Waals surface area contributed by atoms with E-state index in [4.69, 9.17) is 0 Å². The number of carbonyl (C=O) groups excluding carboxylic acids is 2. The van der Waals surface area contributed by atoms with Gasteiger partial charge in [0.1, 0.15) is 0 Å². The summed E-state index contributed by atoms with van der Waals surface area (Å²) in [7, 11) is 1.24. The maximum atomic E-state index is 10.9. The number of carbonyl (C=O) groups is 2. The number of amides is 1. The molecule has 74 valence electrons. The molecule has 0 unspecified atom stereocenters. The highest BCUT2D eigenvalue weighted by Crippen LogP contribution is 2.15. The third-order valence-electron chi connectivity index (χ3n) is 1.20. The van der Waals surface area contributed by atoms with E-state index in [2.05, 4.69) is 26.8 Å². The highest BCUT2D eigenvalue weighted by atomic mass is 32.1. The number of nitrogens with one attached hydrogen (secondary N) is 1. The Morgan fingerprint density at radius 2 is 2.29 bits per heavy atom. The van der Waals surface area contributed by atoms with Crippen LogP contribution in [0.15, 0.2) is 12.7 Å². The Balaban J connectivity index is 2.73. The van der Waals surface area contributed by atoms with Crippen LogP contribution in [0, 0.1) is 0 Å². The van der Waals surface area contributed by atoms with Gasteiger partial charge in [-0.15, -0.1) is 10.2 Å². The van der Waals surface area contributed by atoms with Gasteiger partial charge < -0.3 is 4.74 Å². The van der Waals surface area contributed by atoms with Crippen molar-refractivity contribution in [2.75, 3.05) is 12.4 Å². The minimum absolute atomic E-state index is 0.0897. The summed E-state index contributed by atoms with van der Waals surface area (Å²) in [5.41, 5.74) is 0. The Hall–Kier alpha value is -1.76. The van der Waals surface area contributed by atoms with E-state index in [9.17, 15) is 9.59 Å². The molecule has 1 aromatic heterocycles. The lowest BCUT2D eigenvalue weighted by Gasteiger charge is -1.92. The van der Waals surface area contributed by atoms with Crippen LogP contribution in [-0.2, 0) is 9.53 Å². The zero-order valence-corrected chi connectivity index (χ0v) is 8.13. The predicted octanol–water partition coefficient (Wildman–Crippen LogP) is 0.449. The van der Waals surface area contributed by atoms with E-state index in [1.165, 1.54) is 7.11 Å². The second-order valence-corrected chi connectivity index (χ2v) is 3.07. The Morgan fingerprint density at radius 3 is 2.86 bits per heavy atom. The summed E-state index contributed by atoms with van der Waals surface area (Å²) in [5, 5.41) is 9.77. The van der Waals surface area contributed by atoms with Gasteiger partial charge in [-0.3, -0.25) is 10.1 Å². The first-order valence-electron chi connectivity index (χ1n) is 3.52. The van der Waals surface area contributed by atoms with Gasteiger partial charge in [-0.1, -0.05) is 17.9 Å². The number of aromatic nitrogens is 2. The molecule has 6 nitrogen and oxygen atoms in total. The molecule has 7 heteroatoms. The summed E-state index contributed by atoms with van der Waals surface area (Å²) < 4.78 is 4.42.